The van der Waals surface area contributed by atoms with Gasteiger partial charge >= 0.3 is 11.9 Å². The van der Waals surface area contributed by atoms with Crippen LogP contribution in [0.25, 0.3) is 0 Å². The minimum atomic E-state index is -0.519. The minimum Gasteiger partial charge on any atom is -0.461 e. The molecule has 0 amide bonds. The normalized spacial score (nSPS) is 10.1. The van der Waals surface area contributed by atoms with Crippen molar-refractivity contribution in [3.05, 3.63) is 29.8 Å². The summed E-state index contributed by atoms with van der Waals surface area (Å²) >= 11 is 0. The summed E-state index contributed by atoms with van der Waals surface area (Å²) in [6.45, 7) is 1.67. The van der Waals surface area contributed by atoms with E-state index in [0.29, 0.717) is 11.5 Å². The van der Waals surface area contributed by atoms with Crippen LogP contribution in [0.1, 0.15) is 17.3 Å². The Kier molecular flexibility index (Phi) is 8.17. The zero-order valence-electron chi connectivity index (χ0n) is 11.0. The van der Waals surface area contributed by atoms with Gasteiger partial charge in [0.25, 0.3) is 0 Å². The van der Waals surface area contributed by atoms with Gasteiger partial charge in [-0.2, -0.15) is 0 Å². The topological polar surface area (TPSA) is 72.8 Å². The van der Waals surface area contributed by atoms with Crippen LogP contribution in [0.2, 0.25) is 0 Å². The molecule has 0 fully saturated rings. The first kappa shape index (κ1) is 16.9. The highest BCUT2D eigenvalue weighted by atomic mass is 33.1. The van der Waals surface area contributed by atoms with Gasteiger partial charge < -0.3 is 14.6 Å². The standard InChI is InChI=1S/C13H16O5S2/c1-10(15)18-12-5-3-2-4-11(12)13(16)17-7-9-20-19-8-6-14/h2-5,14H,6-9H2,1H3. The quantitative estimate of drug-likeness (QED) is 0.341. The summed E-state index contributed by atoms with van der Waals surface area (Å²) in [6.07, 6.45) is 0. The first-order chi connectivity index (χ1) is 9.65. The molecular weight excluding hydrogens is 300 g/mol. The van der Waals surface area contributed by atoms with Crippen molar-refractivity contribution >= 4 is 33.5 Å². The molecule has 1 aromatic rings. The van der Waals surface area contributed by atoms with E-state index in [4.69, 9.17) is 14.6 Å². The number of ether oxygens (including phenoxy) is 2. The Balaban J connectivity index is 2.45. The molecule has 0 aliphatic rings. The number of rotatable bonds is 8. The number of esters is 2. The van der Waals surface area contributed by atoms with Crippen LogP contribution in [-0.2, 0) is 9.53 Å². The molecule has 1 aromatic carbocycles. The van der Waals surface area contributed by atoms with Crippen molar-refractivity contribution < 1.29 is 24.2 Å². The first-order valence-electron chi connectivity index (χ1n) is 5.95. The molecule has 0 aromatic heterocycles. The van der Waals surface area contributed by atoms with Gasteiger partial charge in [-0.1, -0.05) is 33.7 Å². The Bertz CT molecular complexity index is 450. The van der Waals surface area contributed by atoms with Crippen LogP contribution in [-0.4, -0.2) is 41.8 Å². The van der Waals surface area contributed by atoms with Gasteiger partial charge in [-0.15, -0.1) is 0 Å². The second kappa shape index (κ2) is 9.68. The van der Waals surface area contributed by atoms with Crippen LogP contribution in [0.5, 0.6) is 5.75 Å². The average molecular weight is 316 g/mol. The molecule has 7 heteroatoms. The molecule has 0 spiro atoms. The van der Waals surface area contributed by atoms with Crippen LogP contribution in [0.15, 0.2) is 24.3 Å². The Labute approximate surface area is 125 Å². The number of carbonyl (C=O) groups is 2. The van der Waals surface area contributed by atoms with Gasteiger partial charge in [-0.3, -0.25) is 4.79 Å². The molecule has 0 aliphatic heterocycles. The third-order valence-electron chi connectivity index (χ3n) is 2.02. The molecule has 0 unspecified atom stereocenters. The number of hydrogen-bond acceptors (Lipinski definition) is 7. The smallest absolute Gasteiger partial charge is 0.341 e. The maximum atomic E-state index is 11.9. The highest BCUT2D eigenvalue weighted by Crippen LogP contribution is 2.21. The Morgan fingerprint density at radius 3 is 2.60 bits per heavy atom. The highest BCUT2D eigenvalue weighted by Gasteiger charge is 2.14. The molecule has 0 aliphatic carbocycles. The van der Waals surface area contributed by atoms with E-state index in [1.807, 2.05) is 0 Å². The molecule has 20 heavy (non-hydrogen) atoms. The number of aliphatic hydroxyl groups is 1. The fraction of sp³-hybridized carbons (Fsp3) is 0.385. The predicted molar refractivity (Wildman–Crippen MR) is 80.0 cm³/mol. The van der Waals surface area contributed by atoms with Crippen molar-refractivity contribution in [1.82, 2.24) is 0 Å². The molecule has 5 nitrogen and oxygen atoms in total. The molecule has 0 atom stereocenters. The summed E-state index contributed by atoms with van der Waals surface area (Å²) in [5, 5.41) is 8.60. The van der Waals surface area contributed by atoms with Crippen LogP contribution < -0.4 is 4.74 Å². The van der Waals surface area contributed by atoms with Gasteiger partial charge in [0.05, 0.1) is 6.61 Å². The third-order valence-corrected chi connectivity index (χ3v) is 4.37. The van der Waals surface area contributed by atoms with Gasteiger partial charge in [-0.05, 0) is 12.1 Å². The highest BCUT2D eigenvalue weighted by molar-refractivity contribution is 8.76. The Hall–Kier alpha value is -1.18. The van der Waals surface area contributed by atoms with Crippen LogP contribution >= 0.6 is 21.6 Å². The van der Waals surface area contributed by atoms with E-state index in [2.05, 4.69) is 0 Å². The zero-order valence-corrected chi connectivity index (χ0v) is 12.7. The van der Waals surface area contributed by atoms with Crippen molar-refractivity contribution in [2.24, 2.45) is 0 Å². The van der Waals surface area contributed by atoms with Gasteiger partial charge in [0.1, 0.15) is 17.9 Å². The molecule has 1 rings (SSSR count). The van der Waals surface area contributed by atoms with E-state index in [-0.39, 0.29) is 24.5 Å². The van der Waals surface area contributed by atoms with Crippen molar-refractivity contribution in [2.75, 3.05) is 24.7 Å². The largest absolute Gasteiger partial charge is 0.461 e. The molecule has 0 saturated carbocycles. The maximum absolute atomic E-state index is 11.9. The average Bonchev–Trinajstić information content (AvgIpc) is 2.42. The summed E-state index contributed by atoms with van der Waals surface area (Å²) in [6, 6.07) is 6.45. The monoisotopic (exact) mass is 316 g/mol. The van der Waals surface area contributed by atoms with E-state index in [0.717, 1.165) is 0 Å². The van der Waals surface area contributed by atoms with E-state index < -0.39 is 11.9 Å². The van der Waals surface area contributed by atoms with Crippen molar-refractivity contribution in [3.8, 4) is 5.75 Å². The van der Waals surface area contributed by atoms with E-state index in [1.54, 1.807) is 24.3 Å². The molecule has 1 N–H and O–H groups in total. The number of aliphatic hydroxyl groups excluding tert-OH is 1. The van der Waals surface area contributed by atoms with Crippen LogP contribution in [0, 0.1) is 0 Å². The lowest BCUT2D eigenvalue weighted by Crippen LogP contribution is -2.11. The summed E-state index contributed by atoms with van der Waals surface area (Å²) in [5.41, 5.74) is 0.232. The predicted octanol–water partition coefficient (Wildman–Crippen LogP) is 2.14. The fourth-order valence-electron chi connectivity index (χ4n) is 1.28. The molecular formula is C13H16O5S2. The van der Waals surface area contributed by atoms with Crippen molar-refractivity contribution in [3.63, 3.8) is 0 Å². The third kappa shape index (κ3) is 6.31. The second-order valence-electron chi connectivity index (χ2n) is 3.59. The second-order valence-corrected chi connectivity index (χ2v) is 6.30. The lowest BCUT2D eigenvalue weighted by atomic mass is 10.2. The molecule has 110 valence electrons. The van der Waals surface area contributed by atoms with E-state index in [9.17, 15) is 9.59 Å². The maximum Gasteiger partial charge on any atom is 0.341 e. The lowest BCUT2D eigenvalue weighted by Gasteiger charge is -2.08. The van der Waals surface area contributed by atoms with Crippen molar-refractivity contribution in [2.45, 2.75) is 6.92 Å². The Morgan fingerprint density at radius 1 is 1.20 bits per heavy atom. The zero-order chi connectivity index (χ0) is 14.8. The number of para-hydroxylation sites is 1. The molecule has 0 heterocycles. The lowest BCUT2D eigenvalue weighted by molar-refractivity contribution is -0.131. The summed E-state index contributed by atoms with van der Waals surface area (Å²) in [7, 11) is 3.04. The first-order valence-corrected chi connectivity index (χ1v) is 8.43. The molecule has 0 radical (unpaired) electrons. The summed E-state index contributed by atoms with van der Waals surface area (Å²) < 4.78 is 10.1. The van der Waals surface area contributed by atoms with E-state index >= 15 is 0 Å². The van der Waals surface area contributed by atoms with Crippen LogP contribution in [0.3, 0.4) is 0 Å². The van der Waals surface area contributed by atoms with E-state index in [1.165, 1.54) is 28.5 Å². The molecule has 0 saturated heterocycles. The Morgan fingerprint density at radius 2 is 1.90 bits per heavy atom. The molecule has 0 bridgehead atoms. The summed E-state index contributed by atoms with van der Waals surface area (Å²) in [5.74, 6) is 0.475. The van der Waals surface area contributed by atoms with Crippen LogP contribution in [0.4, 0.5) is 0 Å². The van der Waals surface area contributed by atoms with Gasteiger partial charge in [0, 0.05) is 18.4 Å². The minimum absolute atomic E-state index is 0.132. The summed E-state index contributed by atoms with van der Waals surface area (Å²) in [4.78, 5) is 22.8. The number of carbonyl (C=O) groups excluding carboxylic acids is 2. The fourth-order valence-corrected chi connectivity index (χ4v) is 2.88. The van der Waals surface area contributed by atoms with Gasteiger partial charge in [-0.25, -0.2) is 4.79 Å². The van der Waals surface area contributed by atoms with Gasteiger partial charge in [0.2, 0.25) is 0 Å². The van der Waals surface area contributed by atoms with Gasteiger partial charge in [0.15, 0.2) is 0 Å². The van der Waals surface area contributed by atoms with Crippen molar-refractivity contribution in [1.29, 1.82) is 0 Å². The SMILES string of the molecule is CC(=O)Oc1ccccc1C(=O)OCCSSCCO. The number of benzene rings is 1. The number of hydrogen-bond donors (Lipinski definition) is 1.